The van der Waals surface area contributed by atoms with Gasteiger partial charge in [-0.2, -0.15) is 0 Å². The Bertz CT molecular complexity index is 429. The normalized spacial score (nSPS) is 11.0. The highest BCUT2D eigenvalue weighted by Gasteiger charge is 2.32. The van der Waals surface area contributed by atoms with E-state index in [1.807, 2.05) is 0 Å². The number of hydrogen-bond donors (Lipinski definition) is 0. The number of aldehydes is 2. The summed E-state index contributed by atoms with van der Waals surface area (Å²) in [6.07, 6.45) is -4.67. The van der Waals surface area contributed by atoms with Gasteiger partial charge in [-0.1, -0.05) is 11.6 Å². The summed E-state index contributed by atoms with van der Waals surface area (Å²) in [4.78, 5) is 21.1. The van der Waals surface area contributed by atoms with Crippen molar-refractivity contribution in [3.05, 3.63) is 28.3 Å². The topological polar surface area (TPSA) is 43.4 Å². The molecule has 0 aliphatic carbocycles. The molecule has 0 heterocycles. The summed E-state index contributed by atoms with van der Waals surface area (Å²) in [5.41, 5.74) is -0.863. The van der Waals surface area contributed by atoms with Gasteiger partial charge in [-0.05, 0) is 12.1 Å². The fourth-order valence-electron chi connectivity index (χ4n) is 1.04. The summed E-state index contributed by atoms with van der Waals surface area (Å²) in [6.45, 7) is 0. The van der Waals surface area contributed by atoms with Crippen LogP contribution in [0.15, 0.2) is 12.1 Å². The molecule has 7 heteroatoms. The van der Waals surface area contributed by atoms with Crippen LogP contribution < -0.4 is 4.74 Å². The maximum Gasteiger partial charge on any atom is 0.573 e. The van der Waals surface area contributed by atoms with Crippen LogP contribution in [-0.2, 0) is 0 Å². The SMILES string of the molecule is O=Cc1c(Cl)ccc(OC(F)(F)F)c1C=O. The zero-order valence-corrected chi connectivity index (χ0v) is 8.30. The molecule has 0 radical (unpaired) electrons. The summed E-state index contributed by atoms with van der Waals surface area (Å²) in [5.74, 6) is -0.756. The van der Waals surface area contributed by atoms with Crippen LogP contribution >= 0.6 is 11.6 Å². The molecule has 0 amide bonds. The molecule has 0 spiro atoms. The van der Waals surface area contributed by atoms with Crippen molar-refractivity contribution in [2.45, 2.75) is 6.36 Å². The number of benzene rings is 1. The molecule has 0 saturated heterocycles. The molecular weight excluding hydrogens is 249 g/mol. The largest absolute Gasteiger partial charge is 0.573 e. The van der Waals surface area contributed by atoms with Gasteiger partial charge < -0.3 is 4.74 Å². The fourth-order valence-corrected chi connectivity index (χ4v) is 1.25. The maximum atomic E-state index is 11.9. The van der Waals surface area contributed by atoms with Crippen molar-refractivity contribution in [3.8, 4) is 5.75 Å². The third-order valence-electron chi connectivity index (χ3n) is 1.66. The van der Waals surface area contributed by atoms with Gasteiger partial charge in [-0.25, -0.2) is 0 Å². The zero-order valence-electron chi connectivity index (χ0n) is 7.55. The van der Waals surface area contributed by atoms with E-state index in [1.54, 1.807) is 0 Å². The van der Waals surface area contributed by atoms with Gasteiger partial charge in [-0.15, -0.1) is 13.2 Å². The van der Waals surface area contributed by atoms with Gasteiger partial charge in [0.25, 0.3) is 0 Å². The van der Waals surface area contributed by atoms with Gasteiger partial charge in [0.2, 0.25) is 0 Å². The van der Waals surface area contributed by atoms with Gasteiger partial charge in [0.15, 0.2) is 12.6 Å². The van der Waals surface area contributed by atoms with Crippen LogP contribution in [0.3, 0.4) is 0 Å². The first-order chi connectivity index (χ1) is 7.39. The molecule has 0 saturated carbocycles. The standard InChI is InChI=1S/C9H4ClF3O3/c10-7-1-2-8(16-9(11,12)13)6(4-15)5(7)3-14/h1-4H. The number of carbonyl (C=O) groups excluding carboxylic acids is 2. The van der Waals surface area contributed by atoms with Crippen LogP contribution in [0.1, 0.15) is 20.7 Å². The van der Waals surface area contributed by atoms with E-state index in [0.29, 0.717) is 0 Å². The first-order valence-electron chi connectivity index (χ1n) is 3.87. The lowest BCUT2D eigenvalue weighted by atomic mass is 10.1. The highest BCUT2D eigenvalue weighted by Crippen LogP contribution is 2.30. The van der Waals surface area contributed by atoms with Gasteiger partial charge >= 0.3 is 6.36 Å². The lowest BCUT2D eigenvalue weighted by Crippen LogP contribution is -2.18. The average molecular weight is 253 g/mol. The quantitative estimate of drug-likeness (QED) is 0.777. The Morgan fingerprint density at radius 1 is 1.12 bits per heavy atom. The van der Waals surface area contributed by atoms with Crippen LogP contribution in [0.2, 0.25) is 5.02 Å². The Hall–Kier alpha value is -1.56. The van der Waals surface area contributed by atoms with Gasteiger partial charge in [-0.3, -0.25) is 9.59 Å². The molecule has 0 aliphatic rings. The zero-order chi connectivity index (χ0) is 12.3. The minimum absolute atomic E-state index is 0.0800. The number of carbonyl (C=O) groups is 2. The Balaban J connectivity index is 3.30. The molecule has 0 atom stereocenters. The van der Waals surface area contributed by atoms with Crippen molar-refractivity contribution in [2.75, 3.05) is 0 Å². The van der Waals surface area contributed by atoms with Gasteiger partial charge in [0.1, 0.15) is 5.75 Å². The molecule has 0 unspecified atom stereocenters. The van der Waals surface area contributed by atoms with Crippen molar-refractivity contribution in [1.82, 2.24) is 0 Å². The third kappa shape index (κ3) is 2.73. The van der Waals surface area contributed by atoms with Crippen molar-refractivity contribution in [1.29, 1.82) is 0 Å². The molecule has 0 aliphatic heterocycles. The summed E-state index contributed by atoms with van der Waals surface area (Å²) < 4.78 is 39.4. The summed E-state index contributed by atoms with van der Waals surface area (Å²) in [7, 11) is 0. The van der Waals surface area contributed by atoms with E-state index in [4.69, 9.17) is 11.6 Å². The minimum Gasteiger partial charge on any atom is -0.405 e. The third-order valence-corrected chi connectivity index (χ3v) is 1.98. The van der Waals surface area contributed by atoms with Crippen molar-refractivity contribution in [3.63, 3.8) is 0 Å². The van der Waals surface area contributed by atoms with E-state index < -0.39 is 17.7 Å². The molecule has 0 fully saturated rings. The molecule has 0 N–H and O–H groups in total. The predicted octanol–water partition coefficient (Wildman–Crippen LogP) is 2.86. The second-order valence-electron chi connectivity index (χ2n) is 2.66. The monoisotopic (exact) mass is 252 g/mol. The van der Waals surface area contributed by atoms with Crippen molar-refractivity contribution < 1.29 is 27.5 Å². The predicted molar refractivity (Wildman–Crippen MR) is 48.9 cm³/mol. The van der Waals surface area contributed by atoms with E-state index in [1.165, 1.54) is 0 Å². The van der Waals surface area contributed by atoms with Crippen LogP contribution in [0.25, 0.3) is 0 Å². The fraction of sp³-hybridized carbons (Fsp3) is 0.111. The van der Waals surface area contributed by atoms with E-state index in [-0.39, 0.29) is 23.2 Å². The lowest BCUT2D eigenvalue weighted by Gasteiger charge is -2.12. The molecule has 1 aromatic carbocycles. The van der Waals surface area contributed by atoms with Crippen LogP contribution in [0.4, 0.5) is 13.2 Å². The minimum atomic E-state index is -4.94. The maximum absolute atomic E-state index is 11.9. The number of halogens is 4. The first-order valence-corrected chi connectivity index (χ1v) is 4.25. The van der Waals surface area contributed by atoms with Crippen LogP contribution in [0.5, 0.6) is 5.75 Å². The highest BCUT2D eigenvalue weighted by atomic mass is 35.5. The first kappa shape index (κ1) is 12.5. The average Bonchev–Trinajstić information content (AvgIpc) is 2.18. The summed E-state index contributed by atoms with van der Waals surface area (Å²) in [6, 6.07) is 1.91. The molecule has 86 valence electrons. The molecular formula is C9H4ClF3O3. The Labute approximate surface area is 92.8 Å². The second-order valence-corrected chi connectivity index (χ2v) is 3.06. The van der Waals surface area contributed by atoms with Crippen molar-refractivity contribution >= 4 is 24.2 Å². The van der Waals surface area contributed by atoms with E-state index >= 15 is 0 Å². The van der Waals surface area contributed by atoms with Gasteiger partial charge in [0.05, 0.1) is 10.6 Å². The van der Waals surface area contributed by atoms with E-state index in [9.17, 15) is 22.8 Å². The molecule has 0 aromatic heterocycles. The van der Waals surface area contributed by atoms with Gasteiger partial charge in [0, 0.05) is 5.56 Å². The molecule has 3 nitrogen and oxygen atoms in total. The molecule has 16 heavy (non-hydrogen) atoms. The van der Waals surface area contributed by atoms with Crippen LogP contribution in [0, 0.1) is 0 Å². The summed E-state index contributed by atoms with van der Waals surface area (Å²) >= 11 is 5.52. The lowest BCUT2D eigenvalue weighted by molar-refractivity contribution is -0.274. The number of hydrogen-bond acceptors (Lipinski definition) is 3. The second kappa shape index (κ2) is 4.52. The van der Waals surface area contributed by atoms with E-state index in [2.05, 4.69) is 4.74 Å². The summed E-state index contributed by atoms with van der Waals surface area (Å²) in [5, 5.41) is -0.119. The number of ether oxygens (including phenoxy) is 1. The van der Waals surface area contributed by atoms with E-state index in [0.717, 1.165) is 12.1 Å². The molecule has 1 rings (SSSR count). The highest BCUT2D eigenvalue weighted by molar-refractivity contribution is 6.33. The molecule has 1 aromatic rings. The Morgan fingerprint density at radius 3 is 2.12 bits per heavy atom. The number of alkyl halides is 3. The number of rotatable bonds is 3. The van der Waals surface area contributed by atoms with Crippen LogP contribution in [-0.4, -0.2) is 18.9 Å². The van der Waals surface area contributed by atoms with Crippen molar-refractivity contribution in [2.24, 2.45) is 0 Å². The smallest absolute Gasteiger partial charge is 0.405 e. The Kier molecular flexibility index (Phi) is 3.54. The molecule has 0 bridgehead atoms. The Morgan fingerprint density at radius 2 is 1.69 bits per heavy atom.